The number of thioether (sulfide) groups is 1. The fourth-order valence-electron chi connectivity index (χ4n) is 3.38. The maximum atomic E-state index is 14.1. The number of benzene rings is 3. The van der Waals surface area contributed by atoms with Gasteiger partial charge in [0.2, 0.25) is 0 Å². The van der Waals surface area contributed by atoms with Crippen LogP contribution in [0.5, 0.6) is 11.5 Å². The van der Waals surface area contributed by atoms with Crippen LogP contribution < -0.4 is 4.74 Å². The van der Waals surface area contributed by atoms with Gasteiger partial charge in [-0.15, -0.1) is 0 Å². The number of hydrogen-bond acceptors (Lipinski definition) is 2. The summed E-state index contributed by atoms with van der Waals surface area (Å²) in [4.78, 5) is 0.185. The van der Waals surface area contributed by atoms with Gasteiger partial charge in [0.25, 0.3) is 0 Å². The first kappa shape index (κ1) is 23.2. The maximum Gasteiger partial charge on any atom is 0.446 e. The highest BCUT2D eigenvalue weighted by Gasteiger charge is 2.29. The van der Waals surface area contributed by atoms with Gasteiger partial charge in [0.15, 0.2) is 11.6 Å². The summed E-state index contributed by atoms with van der Waals surface area (Å²) < 4.78 is 57.3. The second-order valence-electron chi connectivity index (χ2n) is 7.99. The second-order valence-corrected chi connectivity index (χ2v) is 9.13. The molecule has 0 aliphatic carbocycles. The Balaban J connectivity index is 1.59. The average molecular weight is 449 g/mol. The van der Waals surface area contributed by atoms with Gasteiger partial charge in [-0.2, -0.15) is 13.2 Å². The quantitative estimate of drug-likeness (QED) is 0.252. The fourth-order valence-corrected chi connectivity index (χ4v) is 3.92. The van der Waals surface area contributed by atoms with E-state index in [4.69, 9.17) is 4.74 Å². The van der Waals surface area contributed by atoms with E-state index in [1.54, 1.807) is 36.4 Å². The number of hydrogen-bond donors (Lipinski definition) is 0. The van der Waals surface area contributed by atoms with E-state index in [2.05, 4.69) is 13.8 Å². The van der Waals surface area contributed by atoms with Crippen molar-refractivity contribution in [2.75, 3.05) is 0 Å². The third-order valence-electron chi connectivity index (χ3n) is 5.10. The molecule has 164 valence electrons. The van der Waals surface area contributed by atoms with Gasteiger partial charge >= 0.3 is 5.51 Å². The number of rotatable bonds is 8. The molecule has 0 heterocycles. The first-order valence-electron chi connectivity index (χ1n) is 10.00. The molecule has 0 spiro atoms. The van der Waals surface area contributed by atoms with Crippen molar-refractivity contribution in [1.29, 1.82) is 0 Å². The van der Waals surface area contributed by atoms with Crippen molar-refractivity contribution >= 4 is 11.8 Å². The Labute approximate surface area is 184 Å². The molecule has 31 heavy (non-hydrogen) atoms. The van der Waals surface area contributed by atoms with Crippen LogP contribution in [0.25, 0.3) is 0 Å². The molecular weight excluding hydrogens is 424 g/mol. The minimum absolute atomic E-state index is 0.104. The van der Waals surface area contributed by atoms with Crippen LogP contribution in [0.4, 0.5) is 17.6 Å². The van der Waals surface area contributed by atoms with E-state index in [1.165, 1.54) is 18.2 Å². The van der Waals surface area contributed by atoms with E-state index in [9.17, 15) is 17.6 Å². The summed E-state index contributed by atoms with van der Waals surface area (Å²) in [5.41, 5.74) is -2.51. The second kappa shape index (κ2) is 9.77. The van der Waals surface area contributed by atoms with E-state index in [-0.39, 0.29) is 27.8 Å². The summed E-state index contributed by atoms with van der Waals surface area (Å²) in [6.07, 6.45) is 2.43. The van der Waals surface area contributed by atoms with Gasteiger partial charge in [-0.1, -0.05) is 50.2 Å². The largest absolute Gasteiger partial charge is 0.454 e. The van der Waals surface area contributed by atoms with Crippen molar-refractivity contribution in [1.82, 2.24) is 0 Å². The number of alkyl halides is 3. The van der Waals surface area contributed by atoms with E-state index in [0.717, 1.165) is 30.4 Å². The summed E-state index contributed by atoms with van der Waals surface area (Å²) in [6, 6.07) is 20.5. The zero-order chi connectivity index (χ0) is 22.5. The molecule has 6 heteroatoms. The van der Waals surface area contributed by atoms with Crippen LogP contribution in [0.15, 0.2) is 77.7 Å². The van der Waals surface area contributed by atoms with Crippen molar-refractivity contribution in [3.8, 4) is 11.5 Å². The lowest BCUT2D eigenvalue weighted by Crippen LogP contribution is -2.17. The monoisotopic (exact) mass is 448 g/mol. The van der Waals surface area contributed by atoms with E-state index in [1.807, 2.05) is 18.2 Å². The molecule has 0 saturated carbocycles. The molecule has 0 fully saturated rings. The molecule has 0 aliphatic rings. The molecule has 0 unspecified atom stereocenters. The normalized spacial score (nSPS) is 12.1. The Morgan fingerprint density at radius 3 is 2.19 bits per heavy atom. The minimum atomic E-state index is -4.28. The highest BCUT2D eigenvalue weighted by atomic mass is 32.2. The molecular formula is C25H24F4OS. The molecule has 0 radical (unpaired) electrons. The number of ether oxygens (including phenoxy) is 1. The van der Waals surface area contributed by atoms with Crippen LogP contribution in [0.3, 0.4) is 0 Å². The van der Waals surface area contributed by atoms with Gasteiger partial charge in [-0.3, -0.25) is 0 Å². The van der Waals surface area contributed by atoms with E-state index >= 15 is 0 Å². The van der Waals surface area contributed by atoms with Gasteiger partial charge in [-0.25, -0.2) is 4.39 Å². The lowest BCUT2D eigenvalue weighted by molar-refractivity contribution is -0.0328. The summed E-state index contributed by atoms with van der Waals surface area (Å²) in [7, 11) is 0. The zero-order valence-electron chi connectivity index (χ0n) is 17.4. The maximum absolute atomic E-state index is 14.1. The molecule has 0 saturated heterocycles. The molecule has 0 amide bonds. The van der Waals surface area contributed by atoms with Gasteiger partial charge in [0, 0.05) is 4.90 Å². The number of halogens is 4. The SMILES string of the molecule is CC(C)(CCCc1ccc(F)c(Oc2ccccc2)c1)c1ccc(SC(F)(F)F)cc1. The number of aryl methyl sites for hydroxylation is 1. The van der Waals surface area contributed by atoms with Crippen LogP contribution in [0.1, 0.15) is 37.8 Å². The topological polar surface area (TPSA) is 9.23 Å². The summed E-state index contributed by atoms with van der Waals surface area (Å²) in [5, 5.41) is 0. The molecule has 0 N–H and O–H groups in total. The molecule has 3 rings (SSSR count). The van der Waals surface area contributed by atoms with Crippen molar-refractivity contribution in [2.45, 2.75) is 48.9 Å². The minimum Gasteiger partial charge on any atom is -0.454 e. The number of para-hydroxylation sites is 1. The van der Waals surface area contributed by atoms with E-state index in [0.29, 0.717) is 5.75 Å². The Morgan fingerprint density at radius 2 is 1.55 bits per heavy atom. The van der Waals surface area contributed by atoms with Gasteiger partial charge in [0.1, 0.15) is 5.75 Å². The van der Waals surface area contributed by atoms with Crippen LogP contribution >= 0.6 is 11.8 Å². The molecule has 0 atom stereocenters. The molecule has 1 nitrogen and oxygen atoms in total. The van der Waals surface area contributed by atoms with Gasteiger partial charge < -0.3 is 4.74 Å². The van der Waals surface area contributed by atoms with Crippen LogP contribution in [-0.2, 0) is 11.8 Å². The summed E-state index contributed by atoms with van der Waals surface area (Å²) >= 11 is -0.104. The van der Waals surface area contributed by atoms with Crippen molar-refractivity contribution in [2.24, 2.45) is 0 Å². The summed E-state index contributed by atoms with van der Waals surface area (Å²) in [5.74, 6) is 0.359. The van der Waals surface area contributed by atoms with Crippen molar-refractivity contribution < 1.29 is 22.3 Å². The predicted octanol–water partition coefficient (Wildman–Crippen LogP) is 8.53. The Hall–Kier alpha value is -2.47. The smallest absolute Gasteiger partial charge is 0.446 e. The molecule has 3 aromatic rings. The van der Waals surface area contributed by atoms with Crippen molar-refractivity contribution in [3.05, 3.63) is 89.7 Å². The third kappa shape index (κ3) is 7.03. The Morgan fingerprint density at radius 1 is 0.871 bits per heavy atom. The molecule has 0 aliphatic heterocycles. The van der Waals surface area contributed by atoms with Crippen molar-refractivity contribution in [3.63, 3.8) is 0 Å². The highest BCUT2D eigenvalue weighted by molar-refractivity contribution is 8.00. The summed E-state index contributed by atoms with van der Waals surface area (Å²) in [6.45, 7) is 4.15. The molecule has 0 bridgehead atoms. The zero-order valence-corrected chi connectivity index (χ0v) is 18.2. The van der Waals surface area contributed by atoms with Gasteiger partial charge in [-0.05, 0) is 84.0 Å². The van der Waals surface area contributed by atoms with E-state index < -0.39 is 11.3 Å². The highest BCUT2D eigenvalue weighted by Crippen LogP contribution is 2.38. The lowest BCUT2D eigenvalue weighted by atomic mass is 9.80. The molecule has 0 aromatic heterocycles. The van der Waals surface area contributed by atoms with Crippen LogP contribution in [0.2, 0.25) is 0 Å². The predicted molar refractivity (Wildman–Crippen MR) is 117 cm³/mol. The molecule has 3 aromatic carbocycles. The first-order valence-corrected chi connectivity index (χ1v) is 10.8. The fraction of sp³-hybridized carbons (Fsp3) is 0.280. The Kier molecular flexibility index (Phi) is 7.31. The van der Waals surface area contributed by atoms with Gasteiger partial charge in [0.05, 0.1) is 0 Å². The van der Waals surface area contributed by atoms with Crippen LogP contribution in [0, 0.1) is 5.82 Å². The Bertz CT molecular complexity index is 983. The third-order valence-corrected chi connectivity index (χ3v) is 5.84. The first-order chi connectivity index (χ1) is 14.6. The average Bonchev–Trinajstić information content (AvgIpc) is 2.70. The lowest BCUT2D eigenvalue weighted by Gasteiger charge is -2.25. The van der Waals surface area contributed by atoms with Crippen LogP contribution in [-0.4, -0.2) is 5.51 Å². The standard InChI is InChI=1S/C25H24F4OS/c1-24(2,19-11-13-21(14-12-19)31-25(27,28)29)16-6-7-18-10-15-22(26)23(17-18)30-20-8-4-3-5-9-20/h3-5,8-15,17H,6-7,16H2,1-2H3.